The van der Waals surface area contributed by atoms with E-state index in [0.717, 1.165) is 50.0 Å². The van der Waals surface area contributed by atoms with Gasteiger partial charge in [-0.3, -0.25) is 0 Å². The van der Waals surface area contributed by atoms with Gasteiger partial charge in [-0.15, -0.1) is 0 Å². The highest BCUT2D eigenvalue weighted by molar-refractivity contribution is 5.64. The SMILES string of the molecule is Nc1ncc(-c2cc(NC3(CO)CCCC3)nc(N3CCOCC3)n2)cn1. The summed E-state index contributed by atoms with van der Waals surface area (Å²) < 4.78 is 5.44. The molecule has 1 aliphatic heterocycles. The molecule has 2 aromatic rings. The van der Waals surface area contributed by atoms with E-state index in [-0.39, 0.29) is 18.1 Å². The number of aliphatic hydroxyl groups is 1. The molecule has 1 saturated heterocycles. The molecule has 9 nitrogen and oxygen atoms in total. The van der Waals surface area contributed by atoms with Crippen LogP contribution in [0.2, 0.25) is 0 Å². The molecule has 3 heterocycles. The third-order valence-electron chi connectivity index (χ3n) is 5.23. The fraction of sp³-hybridized carbons (Fsp3) is 0.556. The number of nitrogen functional groups attached to an aromatic ring is 1. The Morgan fingerprint density at radius 3 is 2.52 bits per heavy atom. The van der Waals surface area contributed by atoms with E-state index in [9.17, 15) is 5.11 Å². The Kier molecular flexibility index (Phi) is 5.04. The first-order chi connectivity index (χ1) is 13.2. The number of nitrogens with one attached hydrogen (secondary N) is 1. The van der Waals surface area contributed by atoms with Crippen LogP contribution < -0.4 is 16.0 Å². The summed E-state index contributed by atoms with van der Waals surface area (Å²) in [5.74, 6) is 1.57. The number of hydrogen-bond donors (Lipinski definition) is 3. The van der Waals surface area contributed by atoms with E-state index in [0.29, 0.717) is 25.0 Å². The van der Waals surface area contributed by atoms with Gasteiger partial charge in [0.15, 0.2) is 0 Å². The number of aliphatic hydroxyl groups excluding tert-OH is 1. The fourth-order valence-electron chi connectivity index (χ4n) is 3.67. The van der Waals surface area contributed by atoms with Crippen LogP contribution in [-0.2, 0) is 4.74 Å². The van der Waals surface area contributed by atoms with Gasteiger partial charge in [0.25, 0.3) is 0 Å². The van der Waals surface area contributed by atoms with Gasteiger partial charge in [-0.1, -0.05) is 12.8 Å². The summed E-state index contributed by atoms with van der Waals surface area (Å²) in [6, 6.07) is 1.88. The third kappa shape index (κ3) is 3.93. The van der Waals surface area contributed by atoms with E-state index in [1.54, 1.807) is 12.4 Å². The summed E-state index contributed by atoms with van der Waals surface area (Å²) in [4.78, 5) is 19.7. The molecule has 1 aliphatic carbocycles. The third-order valence-corrected chi connectivity index (χ3v) is 5.23. The molecule has 0 amide bonds. The standard InChI is InChI=1S/C18H25N7O2/c19-16-20-10-13(11-21-16)14-9-15(24-18(12-26)3-1-2-4-18)23-17(22-14)25-5-7-27-8-6-25/h9-11,26H,1-8,12H2,(H2,19,20,21)(H,22,23,24). The van der Waals surface area contributed by atoms with Gasteiger partial charge in [-0.25, -0.2) is 15.0 Å². The maximum Gasteiger partial charge on any atom is 0.228 e. The second kappa shape index (κ2) is 7.61. The molecule has 2 aliphatic rings. The van der Waals surface area contributed by atoms with Gasteiger partial charge in [0.2, 0.25) is 11.9 Å². The highest BCUT2D eigenvalue weighted by Crippen LogP contribution is 2.33. The monoisotopic (exact) mass is 371 g/mol. The fourth-order valence-corrected chi connectivity index (χ4v) is 3.67. The number of hydrogen-bond acceptors (Lipinski definition) is 9. The Balaban J connectivity index is 1.70. The van der Waals surface area contributed by atoms with Crippen LogP contribution >= 0.6 is 0 Å². The van der Waals surface area contributed by atoms with Crippen LogP contribution in [0.1, 0.15) is 25.7 Å². The minimum Gasteiger partial charge on any atom is -0.394 e. The van der Waals surface area contributed by atoms with Crippen LogP contribution in [-0.4, -0.2) is 63.5 Å². The lowest BCUT2D eigenvalue weighted by atomic mass is 9.99. The number of rotatable bonds is 5. The molecule has 0 spiro atoms. The van der Waals surface area contributed by atoms with Crippen LogP contribution in [0.3, 0.4) is 0 Å². The van der Waals surface area contributed by atoms with Gasteiger partial charge < -0.3 is 25.8 Å². The topological polar surface area (TPSA) is 122 Å². The van der Waals surface area contributed by atoms with Crippen LogP contribution in [0.5, 0.6) is 0 Å². The molecule has 4 rings (SSSR count). The highest BCUT2D eigenvalue weighted by atomic mass is 16.5. The van der Waals surface area contributed by atoms with Crippen molar-refractivity contribution in [3.05, 3.63) is 18.5 Å². The van der Waals surface area contributed by atoms with Gasteiger partial charge >= 0.3 is 0 Å². The average Bonchev–Trinajstić information content (AvgIpc) is 3.18. The summed E-state index contributed by atoms with van der Waals surface area (Å²) in [5.41, 5.74) is 6.79. The molecular formula is C18H25N7O2. The van der Waals surface area contributed by atoms with Crippen molar-refractivity contribution in [2.75, 3.05) is 48.9 Å². The second-order valence-corrected chi connectivity index (χ2v) is 7.14. The van der Waals surface area contributed by atoms with Crippen molar-refractivity contribution in [2.24, 2.45) is 0 Å². The van der Waals surface area contributed by atoms with Crippen LogP contribution in [0.25, 0.3) is 11.3 Å². The van der Waals surface area contributed by atoms with Crippen molar-refractivity contribution in [1.29, 1.82) is 0 Å². The predicted molar refractivity (Wildman–Crippen MR) is 102 cm³/mol. The first kappa shape index (κ1) is 17.9. The smallest absolute Gasteiger partial charge is 0.228 e. The summed E-state index contributed by atoms with van der Waals surface area (Å²) in [5, 5.41) is 13.4. The predicted octanol–water partition coefficient (Wildman–Crippen LogP) is 1.07. The lowest BCUT2D eigenvalue weighted by Gasteiger charge is -2.31. The number of anilines is 3. The number of aromatic nitrogens is 4. The van der Waals surface area contributed by atoms with Crippen molar-refractivity contribution < 1.29 is 9.84 Å². The molecule has 0 unspecified atom stereocenters. The molecule has 2 aromatic heterocycles. The van der Waals surface area contributed by atoms with E-state index >= 15 is 0 Å². The summed E-state index contributed by atoms with van der Waals surface area (Å²) in [6.07, 6.45) is 7.40. The minimum atomic E-state index is -0.314. The zero-order chi connectivity index (χ0) is 18.7. The number of ether oxygens (including phenoxy) is 1. The van der Waals surface area contributed by atoms with Crippen LogP contribution in [0.15, 0.2) is 18.5 Å². The zero-order valence-electron chi connectivity index (χ0n) is 15.3. The van der Waals surface area contributed by atoms with Crippen molar-refractivity contribution >= 4 is 17.7 Å². The van der Waals surface area contributed by atoms with Gasteiger partial charge in [0, 0.05) is 37.1 Å². The Bertz CT molecular complexity index is 772. The van der Waals surface area contributed by atoms with Crippen molar-refractivity contribution in [3.63, 3.8) is 0 Å². The van der Waals surface area contributed by atoms with Gasteiger partial charge in [-0.2, -0.15) is 4.98 Å². The van der Waals surface area contributed by atoms with Crippen molar-refractivity contribution in [3.8, 4) is 11.3 Å². The minimum absolute atomic E-state index is 0.0875. The van der Waals surface area contributed by atoms with E-state index in [1.807, 2.05) is 6.07 Å². The molecular weight excluding hydrogens is 346 g/mol. The lowest BCUT2D eigenvalue weighted by Crippen LogP contribution is -2.40. The first-order valence-corrected chi connectivity index (χ1v) is 9.36. The van der Waals surface area contributed by atoms with E-state index < -0.39 is 0 Å². The summed E-state index contributed by atoms with van der Waals surface area (Å²) in [7, 11) is 0. The highest BCUT2D eigenvalue weighted by Gasteiger charge is 2.33. The average molecular weight is 371 g/mol. The quantitative estimate of drug-likeness (QED) is 0.708. The number of nitrogens with zero attached hydrogens (tertiary/aromatic N) is 5. The largest absolute Gasteiger partial charge is 0.394 e. The molecule has 0 radical (unpaired) electrons. The van der Waals surface area contributed by atoms with Crippen LogP contribution in [0.4, 0.5) is 17.7 Å². The first-order valence-electron chi connectivity index (χ1n) is 9.36. The normalized spacial score (nSPS) is 19.2. The number of nitrogens with two attached hydrogens (primary N) is 1. The molecule has 144 valence electrons. The second-order valence-electron chi connectivity index (χ2n) is 7.14. The molecule has 9 heteroatoms. The lowest BCUT2D eigenvalue weighted by molar-refractivity contribution is 0.122. The Morgan fingerprint density at radius 1 is 1.15 bits per heavy atom. The molecule has 0 atom stereocenters. The maximum atomic E-state index is 9.95. The zero-order valence-corrected chi connectivity index (χ0v) is 15.3. The van der Waals surface area contributed by atoms with E-state index in [2.05, 4.69) is 20.2 Å². The molecule has 0 bridgehead atoms. The van der Waals surface area contributed by atoms with Gasteiger partial charge in [-0.05, 0) is 12.8 Å². The van der Waals surface area contributed by atoms with E-state index in [4.69, 9.17) is 20.4 Å². The molecule has 27 heavy (non-hydrogen) atoms. The van der Waals surface area contributed by atoms with Crippen molar-refractivity contribution in [2.45, 2.75) is 31.2 Å². The van der Waals surface area contributed by atoms with Crippen LogP contribution in [0, 0.1) is 0 Å². The maximum absolute atomic E-state index is 9.95. The number of morpholine rings is 1. The Morgan fingerprint density at radius 2 is 1.85 bits per heavy atom. The molecule has 4 N–H and O–H groups in total. The Hall–Kier alpha value is -2.52. The van der Waals surface area contributed by atoms with Crippen molar-refractivity contribution in [1.82, 2.24) is 19.9 Å². The van der Waals surface area contributed by atoms with Gasteiger partial charge in [0.1, 0.15) is 5.82 Å². The molecule has 1 saturated carbocycles. The van der Waals surface area contributed by atoms with E-state index in [1.165, 1.54) is 0 Å². The molecule has 0 aromatic carbocycles. The molecule has 2 fully saturated rings. The summed E-state index contributed by atoms with van der Waals surface area (Å²) >= 11 is 0. The summed E-state index contributed by atoms with van der Waals surface area (Å²) in [6.45, 7) is 2.88. The van der Waals surface area contributed by atoms with Gasteiger partial charge in [0.05, 0.1) is 31.1 Å². The Labute approximate surface area is 158 Å².